The van der Waals surface area contributed by atoms with Gasteiger partial charge in [-0.1, -0.05) is 36.4 Å². The molecule has 0 aliphatic carbocycles. The molecule has 0 N–H and O–H groups in total. The Bertz CT molecular complexity index is 1130. The fourth-order valence-electron chi connectivity index (χ4n) is 3.01. The molecule has 0 amide bonds. The standard InChI is InChI=1S/C22H16N2O3S/c1-27-21-10-9-16(14-20(21)24(25)26)19-13-17(22-8-5-11-28-22)12-18(23-19)15-6-3-2-4-7-15/h2-14H,1H3. The van der Waals surface area contributed by atoms with Crippen molar-refractivity contribution < 1.29 is 9.66 Å². The molecule has 6 heteroatoms. The van der Waals surface area contributed by atoms with Gasteiger partial charge in [-0.05, 0) is 41.3 Å². The van der Waals surface area contributed by atoms with Crippen LogP contribution in [0.15, 0.2) is 78.2 Å². The third kappa shape index (κ3) is 3.50. The number of hydrogen-bond acceptors (Lipinski definition) is 5. The maximum atomic E-state index is 11.4. The number of benzene rings is 2. The van der Waals surface area contributed by atoms with E-state index in [9.17, 15) is 10.1 Å². The Labute approximate surface area is 166 Å². The van der Waals surface area contributed by atoms with Gasteiger partial charge in [0.1, 0.15) is 0 Å². The SMILES string of the molecule is COc1ccc(-c2cc(-c3cccs3)cc(-c3ccccc3)n2)cc1[N+](=O)[O-]. The third-order valence-corrected chi connectivity index (χ3v) is 5.29. The van der Waals surface area contributed by atoms with Crippen molar-refractivity contribution >= 4 is 17.0 Å². The number of pyridine rings is 1. The van der Waals surface area contributed by atoms with E-state index in [0.717, 1.165) is 21.7 Å². The molecule has 2 aromatic heterocycles. The van der Waals surface area contributed by atoms with E-state index in [1.54, 1.807) is 23.5 Å². The van der Waals surface area contributed by atoms with Crippen molar-refractivity contribution in [1.82, 2.24) is 4.98 Å². The Kier molecular flexibility index (Phi) is 4.87. The van der Waals surface area contributed by atoms with E-state index in [2.05, 4.69) is 6.07 Å². The molecule has 0 spiro atoms. The monoisotopic (exact) mass is 388 g/mol. The summed E-state index contributed by atoms with van der Waals surface area (Å²) < 4.78 is 5.11. The van der Waals surface area contributed by atoms with Gasteiger partial charge in [0.15, 0.2) is 5.75 Å². The quantitative estimate of drug-likeness (QED) is 0.308. The van der Waals surface area contributed by atoms with Crippen LogP contribution in [0.4, 0.5) is 5.69 Å². The Morgan fingerprint density at radius 1 is 0.893 bits per heavy atom. The first kappa shape index (κ1) is 17.9. The van der Waals surface area contributed by atoms with Crippen molar-refractivity contribution in [3.63, 3.8) is 0 Å². The smallest absolute Gasteiger partial charge is 0.311 e. The van der Waals surface area contributed by atoms with E-state index < -0.39 is 4.92 Å². The molecule has 0 bridgehead atoms. The summed E-state index contributed by atoms with van der Waals surface area (Å²) in [7, 11) is 1.42. The average molecular weight is 388 g/mol. The number of rotatable bonds is 5. The van der Waals surface area contributed by atoms with Gasteiger partial charge in [-0.2, -0.15) is 0 Å². The van der Waals surface area contributed by atoms with Crippen molar-refractivity contribution in [2.24, 2.45) is 0 Å². The summed E-state index contributed by atoms with van der Waals surface area (Å²) in [5.41, 5.74) is 4.10. The molecule has 0 atom stereocenters. The predicted molar refractivity (Wildman–Crippen MR) is 112 cm³/mol. The maximum Gasteiger partial charge on any atom is 0.311 e. The minimum absolute atomic E-state index is 0.0791. The molecule has 5 nitrogen and oxygen atoms in total. The lowest BCUT2D eigenvalue weighted by atomic mass is 10.0. The molecule has 2 aromatic carbocycles. The van der Waals surface area contributed by atoms with Crippen LogP contribution in [0.3, 0.4) is 0 Å². The molecule has 0 fully saturated rings. The van der Waals surface area contributed by atoms with Crippen LogP contribution in [0.2, 0.25) is 0 Å². The van der Waals surface area contributed by atoms with E-state index in [1.807, 2.05) is 53.9 Å². The van der Waals surface area contributed by atoms with Crippen molar-refractivity contribution in [3.05, 3.63) is 88.3 Å². The van der Waals surface area contributed by atoms with Crippen molar-refractivity contribution in [2.45, 2.75) is 0 Å². The molecule has 28 heavy (non-hydrogen) atoms. The van der Waals surface area contributed by atoms with Gasteiger partial charge in [0.2, 0.25) is 0 Å². The van der Waals surface area contributed by atoms with Crippen LogP contribution in [0.5, 0.6) is 5.75 Å². The summed E-state index contributed by atoms with van der Waals surface area (Å²) in [4.78, 5) is 16.9. The lowest BCUT2D eigenvalue weighted by molar-refractivity contribution is -0.385. The van der Waals surface area contributed by atoms with Crippen LogP contribution in [0.1, 0.15) is 0 Å². The van der Waals surface area contributed by atoms with Crippen LogP contribution in [0.25, 0.3) is 33.0 Å². The molecular formula is C22H16N2O3S. The fraction of sp³-hybridized carbons (Fsp3) is 0.0455. The number of thiophene rings is 1. The Hall–Kier alpha value is -3.51. The highest BCUT2D eigenvalue weighted by Crippen LogP contribution is 2.35. The summed E-state index contributed by atoms with van der Waals surface area (Å²) in [6.45, 7) is 0. The Balaban J connectivity index is 1.90. The van der Waals surface area contributed by atoms with E-state index in [4.69, 9.17) is 9.72 Å². The van der Waals surface area contributed by atoms with Crippen molar-refractivity contribution in [2.75, 3.05) is 7.11 Å². The number of methoxy groups -OCH3 is 1. The predicted octanol–water partition coefficient (Wildman–Crippen LogP) is 6.06. The minimum atomic E-state index is -0.441. The summed E-state index contributed by atoms with van der Waals surface area (Å²) in [6, 6.07) is 22.9. The lowest BCUT2D eigenvalue weighted by Gasteiger charge is -2.10. The zero-order chi connectivity index (χ0) is 19.5. The number of hydrogen-bond donors (Lipinski definition) is 0. The molecule has 0 saturated heterocycles. The number of aromatic nitrogens is 1. The highest BCUT2D eigenvalue weighted by atomic mass is 32.1. The van der Waals surface area contributed by atoms with E-state index >= 15 is 0 Å². The summed E-state index contributed by atoms with van der Waals surface area (Å²) >= 11 is 1.64. The van der Waals surface area contributed by atoms with Gasteiger partial charge in [-0.3, -0.25) is 10.1 Å². The maximum absolute atomic E-state index is 11.4. The highest BCUT2D eigenvalue weighted by molar-refractivity contribution is 7.13. The van der Waals surface area contributed by atoms with Crippen LogP contribution in [-0.2, 0) is 0 Å². The van der Waals surface area contributed by atoms with Crippen molar-refractivity contribution in [1.29, 1.82) is 0 Å². The molecule has 0 radical (unpaired) electrons. The molecule has 4 rings (SSSR count). The topological polar surface area (TPSA) is 65.3 Å². The molecule has 0 saturated carbocycles. The fourth-order valence-corrected chi connectivity index (χ4v) is 3.73. The lowest BCUT2D eigenvalue weighted by Crippen LogP contribution is -1.95. The number of ether oxygens (including phenoxy) is 1. The highest BCUT2D eigenvalue weighted by Gasteiger charge is 2.17. The zero-order valence-electron chi connectivity index (χ0n) is 15.0. The minimum Gasteiger partial charge on any atom is -0.490 e. The first-order valence-electron chi connectivity index (χ1n) is 8.60. The van der Waals surface area contributed by atoms with Crippen molar-refractivity contribution in [3.8, 4) is 38.7 Å². The Morgan fingerprint density at radius 2 is 1.64 bits per heavy atom. The number of nitro groups is 1. The molecule has 138 valence electrons. The van der Waals surface area contributed by atoms with Gasteiger partial charge in [0, 0.05) is 22.1 Å². The average Bonchev–Trinajstić information content (AvgIpc) is 3.28. The molecule has 0 aliphatic rings. The van der Waals surface area contributed by atoms with Gasteiger partial charge < -0.3 is 4.74 Å². The summed E-state index contributed by atoms with van der Waals surface area (Å²) in [5, 5.41) is 13.4. The second-order valence-corrected chi connectivity index (χ2v) is 7.06. The molecule has 0 unspecified atom stereocenters. The zero-order valence-corrected chi connectivity index (χ0v) is 15.8. The van der Waals surface area contributed by atoms with Gasteiger partial charge >= 0.3 is 5.69 Å². The van der Waals surface area contributed by atoms with Gasteiger partial charge in [-0.15, -0.1) is 11.3 Å². The second kappa shape index (κ2) is 7.62. The van der Waals surface area contributed by atoms with Crippen LogP contribution >= 0.6 is 11.3 Å². The van der Waals surface area contributed by atoms with Gasteiger partial charge in [0.25, 0.3) is 0 Å². The van der Waals surface area contributed by atoms with Gasteiger partial charge in [0.05, 0.1) is 23.4 Å². The van der Waals surface area contributed by atoms with Gasteiger partial charge in [-0.25, -0.2) is 4.98 Å². The second-order valence-electron chi connectivity index (χ2n) is 6.11. The number of nitrogens with zero attached hydrogens (tertiary/aromatic N) is 2. The van der Waals surface area contributed by atoms with Crippen LogP contribution in [0, 0.1) is 10.1 Å². The third-order valence-electron chi connectivity index (χ3n) is 4.37. The molecule has 0 aliphatic heterocycles. The molecular weight excluding hydrogens is 372 g/mol. The summed E-state index contributed by atoms with van der Waals surface area (Å²) in [5.74, 6) is 0.228. The van der Waals surface area contributed by atoms with E-state index in [0.29, 0.717) is 11.3 Å². The molecule has 4 aromatic rings. The largest absolute Gasteiger partial charge is 0.490 e. The van der Waals surface area contributed by atoms with E-state index in [-0.39, 0.29) is 11.4 Å². The molecule has 2 heterocycles. The normalized spacial score (nSPS) is 10.6. The van der Waals surface area contributed by atoms with E-state index in [1.165, 1.54) is 13.2 Å². The first-order chi connectivity index (χ1) is 13.7. The first-order valence-corrected chi connectivity index (χ1v) is 9.48. The van der Waals surface area contributed by atoms with Crippen LogP contribution in [-0.4, -0.2) is 17.0 Å². The van der Waals surface area contributed by atoms with Crippen LogP contribution < -0.4 is 4.74 Å². The Morgan fingerprint density at radius 3 is 2.29 bits per heavy atom. The summed E-state index contributed by atoms with van der Waals surface area (Å²) in [6.07, 6.45) is 0. The number of nitro benzene ring substituents is 1.